The predicted octanol–water partition coefficient (Wildman–Crippen LogP) is 3.79. The van der Waals surface area contributed by atoms with Crippen LogP contribution in [-0.4, -0.2) is 35.5 Å². The minimum Gasteiger partial charge on any atom is -0.444 e. The fourth-order valence-electron chi connectivity index (χ4n) is 2.79. The molecule has 0 radical (unpaired) electrons. The molecular formula is C18H25NO3. The Kier molecular flexibility index (Phi) is 4.32. The van der Waals surface area contributed by atoms with E-state index < -0.39 is 5.60 Å². The van der Waals surface area contributed by atoms with E-state index in [1.807, 2.05) is 45.0 Å². The highest BCUT2D eigenvalue weighted by Gasteiger charge is 2.38. The van der Waals surface area contributed by atoms with Gasteiger partial charge in [-0.3, -0.25) is 4.79 Å². The zero-order chi connectivity index (χ0) is 16.5. The summed E-state index contributed by atoms with van der Waals surface area (Å²) >= 11 is 0. The molecule has 0 bridgehead atoms. The van der Waals surface area contributed by atoms with E-state index in [-0.39, 0.29) is 17.3 Å². The number of ether oxygens (including phenoxy) is 1. The number of amides is 1. The number of rotatable bonds is 2. The lowest BCUT2D eigenvalue weighted by Crippen LogP contribution is -2.37. The highest BCUT2D eigenvalue weighted by Crippen LogP contribution is 2.34. The Bertz CT molecular complexity index is 571. The molecule has 22 heavy (non-hydrogen) atoms. The maximum atomic E-state index is 12.2. The Morgan fingerprint density at radius 3 is 2.27 bits per heavy atom. The van der Waals surface area contributed by atoms with Gasteiger partial charge in [0.1, 0.15) is 5.60 Å². The standard InChI is InChI=1S/C18H25NO3/c1-13(20)14-6-8-15(9-7-14)18(5)10-11-19(12-18)16(21)22-17(2,3)4/h6-9H,10-12H2,1-5H3. The van der Waals surface area contributed by atoms with Crippen molar-refractivity contribution in [2.75, 3.05) is 13.1 Å². The molecule has 0 aliphatic carbocycles. The van der Waals surface area contributed by atoms with Crippen molar-refractivity contribution in [3.63, 3.8) is 0 Å². The van der Waals surface area contributed by atoms with Crippen LogP contribution in [0.2, 0.25) is 0 Å². The maximum absolute atomic E-state index is 12.2. The van der Waals surface area contributed by atoms with Gasteiger partial charge in [0, 0.05) is 24.1 Å². The first-order valence-electron chi connectivity index (χ1n) is 7.70. The van der Waals surface area contributed by atoms with Gasteiger partial charge in [0.05, 0.1) is 0 Å². The van der Waals surface area contributed by atoms with E-state index in [9.17, 15) is 9.59 Å². The van der Waals surface area contributed by atoms with Crippen LogP contribution >= 0.6 is 0 Å². The molecule has 4 nitrogen and oxygen atoms in total. The summed E-state index contributed by atoms with van der Waals surface area (Å²) in [5.41, 5.74) is 1.31. The highest BCUT2D eigenvalue weighted by molar-refractivity contribution is 5.94. The Morgan fingerprint density at radius 2 is 1.77 bits per heavy atom. The van der Waals surface area contributed by atoms with Gasteiger partial charge in [0.25, 0.3) is 0 Å². The molecule has 1 amide bonds. The van der Waals surface area contributed by atoms with Gasteiger partial charge in [0.2, 0.25) is 0 Å². The van der Waals surface area contributed by atoms with Crippen molar-refractivity contribution in [3.8, 4) is 0 Å². The van der Waals surface area contributed by atoms with Crippen molar-refractivity contribution in [2.24, 2.45) is 0 Å². The Balaban J connectivity index is 2.10. The first-order valence-corrected chi connectivity index (χ1v) is 7.70. The lowest BCUT2D eigenvalue weighted by atomic mass is 9.81. The molecule has 1 fully saturated rings. The zero-order valence-corrected chi connectivity index (χ0v) is 14.1. The summed E-state index contributed by atoms with van der Waals surface area (Å²) in [5, 5.41) is 0. The minimum atomic E-state index is -0.473. The molecule has 1 heterocycles. The van der Waals surface area contributed by atoms with Crippen molar-refractivity contribution in [1.29, 1.82) is 0 Å². The number of Topliss-reactive ketones (excluding diaryl/α,β-unsaturated/α-hetero) is 1. The van der Waals surface area contributed by atoms with Gasteiger partial charge in [0.15, 0.2) is 5.78 Å². The fraction of sp³-hybridized carbons (Fsp3) is 0.556. The van der Waals surface area contributed by atoms with E-state index in [0.717, 1.165) is 12.0 Å². The molecule has 2 rings (SSSR count). The van der Waals surface area contributed by atoms with Crippen LogP contribution in [0.25, 0.3) is 0 Å². The predicted molar refractivity (Wildman–Crippen MR) is 86.2 cm³/mol. The van der Waals surface area contributed by atoms with Gasteiger partial charge in [-0.15, -0.1) is 0 Å². The second-order valence-corrected chi connectivity index (χ2v) is 7.35. The molecule has 1 aromatic rings. The van der Waals surface area contributed by atoms with Crippen molar-refractivity contribution >= 4 is 11.9 Å². The number of hydrogen-bond donors (Lipinski definition) is 0. The molecule has 1 aromatic carbocycles. The first-order chi connectivity index (χ1) is 10.1. The van der Waals surface area contributed by atoms with Crippen molar-refractivity contribution < 1.29 is 14.3 Å². The van der Waals surface area contributed by atoms with E-state index in [1.54, 1.807) is 11.8 Å². The Labute approximate surface area is 132 Å². The van der Waals surface area contributed by atoms with Gasteiger partial charge in [-0.2, -0.15) is 0 Å². The van der Waals surface area contributed by atoms with Crippen LogP contribution in [0.1, 0.15) is 57.0 Å². The molecule has 0 N–H and O–H groups in total. The summed E-state index contributed by atoms with van der Waals surface area (Å²) in [4.78, 5) is 25.3. The van der Waals surface area contributed by atoms with E-state index in [4.69, 9.17) is 4.74 Å². The normalized spacial score (nSPS) is 21.8. The quantitative estimate of drug-likeness (QED) is 0.781. The van der Waals surface area contributed by atoms with Crippen LogP contribution in [-0.2, 0) is 10.2 Å². The molecule has 1 unspecified atom stereocenters. The highest BCUT2D eigenvalue weighted by atomic mass is 16.6. The summed E-state index contributed by atoms with van der Waals surface area (Å²) in [6.45, 7) is 10.7. The number of nitrogens with zero attached hydrogens (tertiary/aromatic N) is 1. The third kappa shape index (κ3) is 3.67. The molecule has 1 atom stereocenters. The summed E-state index contributed by atoms with van der Waals surface area (Å²) in [6, 6.07) is 7.71. The second-order valence-electron chi connectivity index (χ2n) is 7.35. The number of carbonyl (C=O) groups excluding carboxylic acids is 2. The molecular weight excluding hydrogens is 278 g/mol. The number of likely N-dealkylation sites (tertiary alicyclic amines) is 1. The summed E-state index contributed by atoms with van der Waals surface area (Å²) in [7, 11) is 0. The summed E-state index contributed by atoms with van der Waals surface area (Å²) in [5.74, 6) is 0.0681. The van der Waals surface area contributed by atoms with Gasteiger partial charge in [-0.05, 0) is 39.7 Å². The van der Waals surface area contributed by atoms with Gasteiger partial charge < -0.3 is 9.64 Å². The third-order valence-corrected chi connectivity index (χ3v) is 4.11. The fourth-order valence-corrected chi connectivity index (χ4v) is 2.79. The van der Waals surface area contributed by atoms with Crippen LogP contribution < -0.4 is 0 Å². The average molecular weight is 303 g/mol. The first kappa shape index (κ1) is 16.5. The van der Waals surface area contributed by atoms with Gasteiger partial charge in [-0.1, -0.05) is 31.2 Å². The Hall–Kier alpha value is -1.84. The average Bonchev–Trinajstić information content (AvgIpc) is 2.81. The third-order valence-electron chi connectivity index (χ3n) is 4.11. The number of ketones is 1. The van der Waals surface area contributed by atoms with E-state index in [0.29, 0.717) is 18.7 Å². The van der Waals surface area contributed by atoms with Crippen molar-refractivity contribution in [1.82, 2.24) is 4.90 Å². The second kappa shape index (κ2) is 5.75. The minimum absolute atomic E-state index is 0.0681. The molecule has 1 saturated heterocycles. The van der Waals surface area contributed by atoms with Crippen molar-refractivity contribution in [3.05, 3.63) is 35.4 Å². The topological polar surface area (TPSA) is 46.6 Å². The number of hydrogen-bond acceptors (Lipinski definition) is 3. The molecule has 120 valence electrons. The molecule has 1 aliphatic rings. The largest absolute Gasteiger partial charge is 0.444 e. The summed E-state index contributed by atoms with van der Waals surface area (Å²) < 4.78 is 5.44. The van der Waals surface area contributed by atoms with Crippen molar-refractivity contribution in [2.45, 2.75) is 52.1 Å². The van der Waals surface area contributed by atoms with Crippen LogP contribution in [0.15, 0.2) is 24.3 Å². The number of carbonyl (C=O) groups is 2. The molecule has 0 spiro atoms. The van der Waals surface area contributed by atoms with Crippen LogP contribution in [0.3, 0.4) is 0 Å². The SMILES string of the molecule is CC(=O)c1ccc(C2(C)CCN(C(=O)OC(C)(C)C)C2)cc1. The van der Waals surface area contributed by atoms with Gasteiger partial charge in [-0.25, -0.2) is 4.79 Å². The van der Waals surface area contributed by atoms with E-state index >= 15 is 0 Å². The van der Waals surface area contributed by atoms with E-state index in [1.165, 1.54) is 0 Å². The van der Waals surface area contributed by atoms with Crippen LogP contribution in [0, 0.1) is 0 Å². The van der Waals surface area contributed by atoms with Crippen LogP contribution in [0.4, 0.5) is 4.79 Å². The maximum Gasteiger partial charge on any atom is 0.410 e. The molecule has 4 heteroatoms. The van der Waals surface area contributed by atoms with Crippen LogP contribution in [0.5, 0.6) is 0 Å². The Morgan fingerprint density at radius 1 is 1.18 bits per heavy atom. The lowest BCUT2D eigenvalue weighted by molar-refractivity contribution is 0.0285. The van der Waals surface area contributed by atoms with E-state index in [2.05, 4.69) is 6.92 Å². The molecule has 1 aliphatic heterocycles. The molecule has 0 aromatic heterocycles. The monoisotopic (exact) mass is 303 g/mol. The zero-order valence-electron chi connectivity index (χ0n) is 14.1. The van der Waals surface area contributed by atoms with Gasteiger partial charge >= 0.3 is 6.09 Å². The number of benzene rings is 1. The summed E-state index contributed by atoms with van der Waals surface area (Å²) in [6.07, 6.45) is 0.641. The molecule has 0 saturated carbocycles. The lowest BCUT2D eigenvalue weighted by Gasteiger charge is -2.27. The smallest absolute Gasteiger partial charge is 0.410 e.